The Morgan fingerprint density at radius 1 is 1.11 bits per heavy atom. The molecule has 4 atom stereocenters. The molecule has 0 amide bonds. The van der Waals surface area contributed by atoms with E-state index in [1.54, 1.807) is 26.0 Å². The molecule has 0 aromatic heterocycles. The molecule has 1 aliphatic carbocycles. The molecular weight excluding hydrogens is 362 g/mol. The minimum atomic E-state index is -1.63. The molecule has 7 heteroatoms. The highest BCUT2D eigenvalue weighted by Gasteiger charge is 2.57. The maximum absolute atomic E-state index is 12.8. The molecule has 154 valence electrons. The highest BCUT2D eigenvalue weighted by molar-refractivity contribution is 6.02. The van der Waals surface area contributed by atoms with Crippen molar-refractivity contribution < 1.29 is 29.0 Å². The summed E-state index contributed by atoms with van der Waals surface area (Å²) in [5.74, 6) is -4.85. The first-order valence-corrected chi connectivity index (χ1v) is 9.49. The number of hydrogen-bond acceptors (Lipinski definition) is 7. The van der Waals surface area contributed by atoms with Crippen LogP contribution < -0.4 is 4.90 Å². The Morgan fingerprint density at radius 3 is 2.14 bits per heavy atom. The molecule has 2 rings (SSSR count). The number of Topliss-reactive ketones (excluding diaryl/α,β-unsaturated/α-hetero) is 1. The van der Waals surface area contributed by atoms with E-state index >= 15 is 0 Å². The van der Waals surface area contributed by atoms with Crippen LogP contribution >= 0.6 is 0 Å². The molecule has 1 aromatic carbocycles. The van der Waals surface area contributed by atoms with Crippen molar-refractivity contribution in [1.82, 2.24) is 0 Å². The van der Waals surface area contributed by atoms with Gasteiger partial charge in [0.1, 0.15) is 5.92 Å². The van der Waals surface area contributed by atoms with Gasteiger partial charge in [-0.05, 0) is 38.5 Å². The Morgan fingerprint density at radius 2 is 1.64 bits per heavy atom. The molecule has 1 saturated carbocycles. The number of rotatable bonds is 6. The summed E-state index contributed by atoms with van der Waals surface area (Å²) in [5.41, 5.74) is -0.0925. The zero-order valence-corrected chi connectivity index (χ0v) is 17.1. The van der Waals surface area contributed by atoms with Crippen molar-refractivity contribution in [2.75, 3.05) is 32.2 Å². The number of carbonyl (C=O) groups excluding carboxylic acids is 3. The van der Waals surface area contributed by atoms with E-state index in [2.05, 4.69) is 0 Å². The van der Waals surface area contributed by atoms with Gasteiger partial charge in [0, 0.05) is 32.1 Å². The second kappa shape index (κ2) is 8.73. The first-order chi connectivity index (χ1) is 13.1. The Labute approximate surface area is 165 Å². The van der Waals surface area contributed by atoms with Gasteiger partial charge in [0.2, 0.25) is 0 Å². The van der Waals surface area contributed by atoms with E-state index < -0.39 is 41.1 Å². The minimum absolute atomic E-state index is 0.120. The summed E-state index contributed by atoms with van der Waals surface area (Å²) < 4.78 is 10.3. The zero-order chi connectivity index (χ0) is 21.1. The molecule has 28 heavy (non-hydrogen) atoms. The average molecular weight is 391 g/mol. The SMILES string of the molecule is CCOC(=O)[C@@H]1C(=O)C[C@@](C)(O)[C@@H](C(=O)OCC)[C@@H]1c1ccc(N(C)C)cc1. The summed E-state index contributed by atoms with van der Waals surface area (Å²) in [7, 11) is 3.79. The van der Waals surface area contributed by atoms with Crippen molar-refractivity contribution in [3.8, 4) is 0 Å². The Hall–Kier alpha value is -2.41. The first-order valence-electron chi connectivity index (χ1n) is 9.49. The zero-order valence-electron chi connectivity index (χ0n) is 17.1. The van der Waals surface area contributed by atoms with Crippen LogP contribution in [0.1, 0.15) is 38.7 Å². The van der Waals surface area contributed by atoms with Crippen LogP contribution in [0.4, 0.5) is 5.69 Å². The van der Waals surface area contributed by atoms with Crippen molar-refractivity contribution in [2.45, 2.75) is 38.7 Å². The third kappa shape index (κ3) is 4.35. The molecule has 0 radical (unpaired) electrons. The highest BCUT2D eigenvalue weighted by atomic mass is 16.5. The van der Waals surface area contributed by atoms with Gasteiger partial charge in [0.25, 0.3) is 0 Å². The third-order valence-electron chi connectivity index (χ3n) is 5.14. The second-order valence-corrected chi connectivity index (χ2v) is 7.47. The molecule has 7 nitrogen and oxygen atoms in total. The maximum atomic E-state index is 12.8. The van der Waals surface area contributed by atoms with Gasteiger partial charge in [-0.2, -0.15) is 0 Å². The van der Waals surface area contributed by atoms with Gasteiger partial charge < -0.3 is 19.5 Å². The molecular formula is C21H29NO6. The lowest BCUT2D eigenvalue weighted by molar-refractivity contribution is -0.172. The summed E-state index contributed by atoms with van der Waals surface area (Å²) in [5, 5.41) is 10.9. The number of anilines is 1. The van der Waals surface area contributed by atoms with Crippen LogP contribution in [0.5, 0.6) is 0 Å². The number of nitrogens with zero attached hydrogens (tertiary/aromatic N) is 1. The fraction of sp³-hybridized carbons (Fsp3) is 0.571. The van der Waals surface area contributed by atoms with Gasteiger partial charge in [-0.15, -0.1) is 0 Å². The van der Waals surface area contributed by atoms with Crippen LogP contribution in [0.25, 0.3) is 0 Å². The summed E-state index contributed by atoms with van der Waals surface area (Å²) in [6.07, 6.45) is -0.313. The predicted octanol–water partition coefficient (Wildman–Crippen LogP) is 1.92. The molecule has 0 spiro atoms. The number of ketones is 1. The maximum Gasteiger partial charge on any atom is 0.317 e. The summed E-state index contributed by atoms with van der Waals surface area (Å²) in [4.78, 5) is 40.1. The van der Waals surface area contributed by atoms with Crippen LogP contribution in [-0.4, -0.2) is 55.7 Å². The molecule has 1 fully saturated rings. The smallest absolute Gasteiger partial charge is 0.317 e. The number of benzene rings is 1. The number of hydrogen-bond donors (Lipinski definition) is 1. The van der Waals surface area contributed by atoms with Gasteiger partial charge >= 0.3 is 11.9 Å². The standard InChI is InChI=1S/C21H29NO6/c1-6-27-19(24)17-15(23)12-21(3,26)18(20(25)28-7-2)16(17)13-8-10-14(11-9-13)22(4)5/h8-11,16-18,26H,6-7,12H2,1-5H3/t16-,17-,18-,21-/m1/s1. The Bertz CT molecular complexity index is 725. The van der Waals surface area contributed by atoms with E-state index in [9.17, 15) is 19.5 Å². The lowest BCUT2D eigenvalue weighted by Crippen LogP contribution is -2.55. The number of esters is 2. The van der Waals surface area contributed by atoms with Gasteiger partial charge in [-0.3, -0.25) is 14.4 Å². The van der Waals surface area contributed by atoms with Crippen LogP contribution in [-0.2, 0) is 23.9 Å². The topological polar surface area (TPSA) is 93.1 Å². The van der Waals surface area contributed by atoms with Crippen molar-refractivity contribution in [1.29, 1.82) is 0 Å². The fourth-order valence-corrected chi connectivity index (χ4v) is 3.87. The van der Waals surface area contributed by atoms with Gasteiger partial charge in [0.15, 0.2) is 5.78 Å². The van der Waals surface area contributed by atoms with E-state index in [0.29, 0.717) is 5.56 Å². The van der Waals surface area contributed by atoms with Crippen LogP contribution in [0.15, 0.2) is 24.3 Å². The van der Waals surface area contributed by atoms with Crippen LogP contribution in [0.3, 0.4) is 0 Å². The normalized spacial score (nSPS) is 27.2. The molecule has 0 heterocycles. The van der Waals surface area contributed by atoms with Gasteiger partial charge in [-0.25, -0.2) is 0 Å². The van der Waals surface area contributed by atoms with E-state index in [1.165, 1.54) is 6.92 Å². The number of ether oxygens (including phenoxy) is 2. The second-order valence-electron chi connectivity index (χ2n) is 7.47. The van der Waals surface area contributed by atoms with Gasteiger partial charge in [-0.1, -0.05) is 12.1 Å². The Balaban J connectivity index is 2.59. The van der Waals surface area contributed by atoms with E-state index in [1.807, 2.05) is 31.1 Å². The number of aliphatic hydroxyl groups is 1. The first kappa shape index (κ1) is 21.9. The molecule has 1 aromatic rings. The molecule has 1 aliphatic rings. The monoisotopic (exact) mass is 391 g/mol. The van der Waals surface area contributed by atoms with Crippen molar-refractivity contribution in [2.24, 2.45) is 11.8 Å². The molecule has 1 N–H and O–H groups in total. The molecule has 0 bridgehead atoms. The van der Waals surface area contributed by atoms with Crippen LogP contribution in [0.2, 0.25) is 0 Å². The van der Waals surface area contributed by atoms with Crippen LogP contribution in [0, 0.1) is 11.8 Å². The summed E-state index contributed by atoms with van der Waals surface area (Å²) in [6.45, 7) is 5.02. The summed E-state index contributed by atoms with van der Waals surface area (Å²) in [6, 6.07) is 7.22. The fourth-order valence-electron chi connectivity index (χ4n) is 3.87. The van der Waals surface area contributed by atoms with E-state index in [4.69, 9.17) is 9.47 Å². The van der Waals surface area contributed by atoms with E-state index in [-0.39, 0.29) is 19.6 Å². The molecule has 0 aliphatic heterocycles. The molecule has 0 saturated heterocycles. The van der Waals surface area contributed by atoms with Crippen molar-refractivity contribution in [3.05, 3.63) is 29.8 Å². The predicted molar refractivity (Wildman–Crippen MR) is 104 cm³/mol. The van der Waals surface area contributed by atoms with Gasteiger partial charge in [0.05, 0.1) is 24.7 Å². The summed E-state index contributed by atoms with van der Waals surface area (Å²) >= 11 is 0. The lowest BCUT2D eigenvalue weighted by atomic mass is 9.61. The minimum Gasteiger partial charge on any atom is -0.466 e. The van der Waals surface area contributed by atoms with Crippen molar-refractivity contribution >= 4 is 23.4 Å². The highest BCUT2D eigenvalue weighted by Crippen LogP contribution is 2.46. The van der Waals surface area contributed by atoms with E-state index in [0.717, 1.165) is 5.69 Å². The number of carbonyl (C=O) groups is 3. The van der Waals surface area contributed by atoms with Crippen molar-refractivity contribution in [3.63, 3.8) is 0 Å². The quantitative estimate of drug-likeness (QED) is 0.585. The average Bonchev–Trinajstić information content (AvgIpc) is 2.60. The largest absolute Gasteiger partial charge is 0.466 e. The lowest BCUT2D eigenvalue weighted by Gasteiger charge is -2.43. The third-order valence-corrected chi connectivity index (χ3v) is 5.14. The Kier molecular flexibility index (Phi) is 6.82. The molecule has 0 unspecified atom stereocenters.